The standard InChI is InChI=1S/C19H21FN2O5/c1-11-14-9-13(20)3-4-15(14)27-17(11)18(24)21(2)10-16(23)22-7-5-12(6-8-22)19(25)26/h3-4,9,12H,5-8,10H2,1-2H3,(H,25,26). The Kier molecular flexibility index (Phi) is 5.16. The largest absolute Gasteiger partial charge is 0.481 e. The molecule has 1 aromatic heterocycles. The topological polar surface area (TPSA) is 91.1 Å². The number of carbonyl (C=O) groups is 3. The molecule has 1 N–H and O–H groups in total. The summed E-state index contributed by atoms with van der Waals surface area (Å²) in [5.74, 6) is -2.31. The van der Waals surface area contributed by atoms with E-state index < -0.39 is 23.6 Å². The van der Waals surface area contributed by atoms with Crippen molar-refractivity contribution in [1.29, 1.82) is 0 Å². The summed E-state index contributed by atoms with van der Waals surface area (Å²) in [4.78, 5) is 38.9. The van der Waals surface area contributed by atoms with Crippen LogP contribution in [0.4, 0.5) is 4.39 Å². The summed E-state index contributed by atoms with van der Waals surface area (Å²) < 4.78 is 19.0. The van der Waals surface area contributed by atoms with Crippen LogP contribution in [0.3, 0.4) is 0 Å². The third-order valence-electron chi connectivity index (χ3n) is 5.01. The molecule has 144 valence electrons. The Morgan fingerprint density at radius 2 is 1.96 bits per heavy atom. The normalized spacial score (nSPS) is 15.1. The van der Waals surface area contributed by atoms with E-state index in [1.54, 1.807) is 11.8 Å². The summed E-state index contributed by atoms with van der Waals surface area (Å²) in [5.41, 5.74) is 0.934. The van der Waals surface area contributed by atoms with E-state index in [1.807, 2.05) is 0 Å². The highest BCUT2D eigenvalue weighted by atomic mass is 19.1. The fourth-order valence-corrected chi connectivity index (χ4v) is 3.32. The minimum Gasteiger partial charge on any atom is -0.481 e. The number of furan rings is 1. The summed E-state index contributed by atoms with van der Waals surface area (Å²) in [7, 11) is 1.50. The molecule has 0 saturated carbocycles. The molecule has 0 aliphatic carbocycles. The number of likely N-dealkylation sites (tertiary alicyclic amines) is 1. The molecule has 8 heteroatoms. The summed E-state index contributed by atoms with van der Waals surface area (Å²) in [5, 5.41) is 9.54. The van der Waals surface area contributed by atoms with Crippen molar-refractivity contribution in [2.45, 2.75) is 19.8 Å². The number of nitrogens with zero attached hydrogens (tertiary/aromatic N) is 2. The van der Waals surface area contributed by atoms with Crippen molar-refractivity contribution in [3.63, 3.8) is 0 Å². The first kappa shape index (κ1) is 18.9. The van der Waals surface area contributed by atoms with E-state index in [0.717, 1.165) is 0 Å². The van der Waals surface area contributed by atoms with Gasteiger partial charge in [-0.2, -0.15) is 0 Å². The molecule has 1 fully saturated rings. The summed E-state index contributed by atoms with van der Waals surface area (Å²) in [6.07, 6.45) is 0.819. The average molecular weight is 376 g/mol. The van der Waals surface area contributed by atoms with Crippen molar-refractivity contribution in [2.75, 3.05) is 26.7 Å². The maximum absolute atomic E-state index is 13.4. The number of carboxylic acid groups (broad SMARTS) is 1. The highest BCUT2D eigenvalue weighted by Crippen LogP contribution is 2.27. The maximum atomic E-state index is 13.4. The molecule has 27 heavy (non-hydrogen) atoms. The number of hydrogen-bond donors (Lipinski definition) is 1. The molecular formula is C19H21FN2O5. The van der Waals surface area contributed by atoms with Crippen LogP contribution >= 0.6 is 0 Å². The maximum Gasteiger partial charge on any atom is 0.306 e. The molecular weight excluding hydrogens is 355 g/mol. The second kappa shape index (κ2) is 7.38. The van der Waals surface area contributed by atoms with Gasteiger partial charge in [-0.15, -0.1) is 0 Å². The second-order valence-electron chi connectivity index (χ2n) is 6.85. The van der Waals surface area contributed by atoms with Crippen molar-refractivity contribution in [3.05, 3.63) is 35.3 Å². The number of hydrogen-bond acceptors (Lipinski definition) is 4. The van der Waals surface area contributed by atoms with Crippen molar-refractivity contribution < 1.29 is 28.3 Å². The van der Waals surface area contributed by atoms with E-state index in [4.69, 9.17) is 9.52 Å². The van der Waals surface area contributed by atoms with E-state index in [2.05, 4.69) is 0 Å². The van der Waals surface area contributed by atoms with Gasteiger partial charge in [0.05, 0.1) is 12.5 Å². The Bertz CT molecular complexity index is 899. The predicted octanol–water partition coefficient (Wildman–Crippen LogP) is 2.28. The smallest absolute Gasteiger partial charge is 0.306 e. The first-order valence-corrected chi connectivity index (χ1v) is 8.72. The van der Waals surface area contributed by atoms with Gasteiger partial charge in [0.25, 0.3) is 5.91 Å². The lowest BCUT2D eigenvalue weighted by Crippen LogP contribution is -2.45. The molecule has 2 heterocycles. The van der Waals surface area contributed by atoms with Gasteiger partial charge in [-0.25, -0.2) is 4.39 Å². The fourth-order valence-electron chi connectivity index (χ4n) is 3.32. The second-order valence-corrected chi connectivity index (χ2v) is 6.85. The summed E-state index contributed by atoms with van der Waals surface area (Å²) in [6.45, 7) is 2.26. The van der Waals surface area contributed by atoms with Gasteiger partial charge >= 0.3 is 5.97 Å². The fraction of sp³-hybridized carbons (Fsp3) is 0.421. The Hall–Kier alpha value is -2.90. The summed E-state index contributed by atoms with van der Waals surface area (Å²) >= 11 is 0. The quantitative estimate of drug-likeness (QED) is 0.884. The molecule has 0 unspecified atom stereocenters. The van der Waals surface area contributed by atoms with Crippen LogP contribution in [-0.4, -0.2) is 59.4 Å². The number of carbonyl (C=O) groups excluding carboxylic acids is 2. The predicted molar refractivity (Wildman–Crippen MR) is 94.8 cm³/mol. The van der Waals surface area contributed by atoms with E-state index in [9.17, 15) is 18.8 Å². The third-order valence-corrected chi connectivity index (χ3v) is 5.01. The van der Waals surface area contributed by atoms with E-state index in [-0.39, 0.29) is 18.2 Å². The van der Waals surface area contributed by atoms with E-state index in [0.29, 0.717) is 42.5 Å². The van der Waals surface area contributed by atoms with Crippen LogP contribution in [-0.2, 0) is 9.59 Å². The molecule has 1 saturated heterocycles. The summed E-state index contributed by atoms with van der Waals surface area (Å²) in [6, 6.07) is 4.03. The first-order chi connectivity index (χ1) is 12.8. The lowest BCUT2D eigenvalue weighted by molar-refractivity contribution is -0.145. The van der Waals surface area contributed by atoms with Crippen molar-refractivity contribution in [2.24, 2.45) is 5.92 Å². The number of fused-ring (bicyclic) bond motifs is 1. The van der Waals surface area contributed by atoms with Crippen LogP contribution in [0.15, 0.2) is 22.6 Å². The Morgan fingerprint density at radius 1 is 1.30 bits per heavy atom. The zero-order chi connectivity index (χ0) is 19.7. The van der Waals surface area contributed by atoms with Crippen LogP contribution in [0.1, 0.15) is 29.0 Å². The van der Waals surface area contributed by atoms with Gasteiger partial charge in [0.15, 0.2) is 5.76 Å². The van der Waals surface area contributed by atoms with Gasteiger partial charge in [-0.1, -0.05) is 0 Å². The number of aryl methyl sites for hydroxylation is 1. The average Bonchev–Trinajstić information content (AvgIpc) is 2.97. The van der Waals surface area contributed by atoms with E-state index in [1.165, 1.54) is 30.1 Å². The molecule has 0 bridgehead atoms. The van der Waals surface area contributed by atoms with Crippen molar-refractivity contribution >= 4 is 28.8 Å². The van der Waals surface area contributed by atoms with Gasteiger partial charge < -0.3 is 19.3 Å². The number of carboxylic acids is 1. The SMILES string of the molecule is Cc1c(C(=O)N(C)CC(=O)N2CCC(C(=O)O)CC2)oc2ccc(F)cc12. The minimum atomic E-state index is -0.841. The highest BCUT2D eigenvalue weighted by molar-refractivity contribution is 6.00. The number of halogens is 1. The van der Waals surface area contributed by atoms with Crippen LogP contribution in [0, 0.1) is 18.7 Å². The first-order valence-electron chi connectivity index (χ1n) is 8.72. The van der Waals surface area contributed by atoms with Gasteiger partial charge in [0.1, 0.15) is 11.4 Å². The molecule has 1 aliphatic heterocycles. The molecule has 0 radical (unpaired) electrons. The lowest BCUT2D eigenvalue weighted by atomic mass is 9.97. The number of amides is 2. The van der Waals surface area contributed by atoms with Crippen LogP contribution in [0.2, 0.25) is 0 Å². The molecule has 2 aromatic rings. The van der Waals surface area contributed by atoms with Crippen LogP contribution < -0.4 is 0 Å². The van der Waals surface area contributed by atoms with Gasteiger partial charge in [-0.05, 0) is 38.0 Å². The lowest BCUT2D eigenvalue weighted by Gasteiger charge is -2.31. The number of benzene rings is 1. The van der Waals surface area contributed by atoms with Gasteiger partial charge in [-0.3, -0.25) is 14.4 Å². The van der Waals surface area contributed by atoms with Crippen LogP contribution in [0.25, 0.3) is 11.0 Å². The molecule has 1 aliphatic rings. The highest BCUT2D eigenvalue weighted by Gasteiger charge is 2.29. The van der Waals surface area contributed by atoms with Gasteiger partial charge in [0.2, 0.25) is 5.91 Å². The molecule has 7 nitrogen and oxygen atoms in total. The van der Waals surface area contributed by atoms with Crippen molar-refractivity contribution in [3.8, 4) is 0 Å². The zero-order valence-corrected chi connectivity index (χ0v) is 15.2. The van der Waals surface area contributed by atoms with Crippen molar-refractivity contribution in [1.82, 2.24) is 9.80 Å². The molecule has 3 rings (SSSR count). The number of piperidine rings is 1. The van der Waals surface area contributed by atoms with Crippen LogP contribution in [0.5, 0.6) is 0 Å². The number of rotatable bonds is 4. The van der Waals surface area contributed by atoms with E-state index >= 15 is 0 Å². The number of likely N-dealkylation sites (N-methyl/N-ethyl adjacent to an activating group) is 1. The Morgan fingerprint density at radius 3 is 2.59 bits per heavy atom. The monoisotopic (exact) mass is 376 g/mol. The third kappa shape index (κ3) is 3.79. The minimum absolute atomic E-state index is 0.0792. The molecule has 0 atom stereocenters. The molecule has 2 amide bonds. The Labute approximate surface area is 155 Å². The molecule has 1 aromatic carbocycles. The number of aliphatic carboxylic acids is 1. The zero-order valence-electron chi connectivity index (χ0n) is 15.2. The molecule has 0 spiro atoms. The Balaban J connectivity index is 1.67. The van der Waals surface area contributed by atoms with Gasteiger partial charge in [0, 0.05) is 31.1 Å².